The van der Waals surface area contributed by atoms with Crippen LogP contribution < -0.4 is 11.1 Å². The van der Waals surface area contributed by atoms with Gasteiger partial charge in [-0.05, 0) is 42.5 Å². The molecule has 1 unspecified atom stereocenters. The van der Waals surface area contributed by atoms with Gasteiger partial charge in [0.1, 0.15) is 0 Å². The van der Waals surface area contributed by atoms with Gasteiger partial charge in [0, 0.05) is 4.47 Å². The van der Waals surface area contributed by atoms with Gasteiger partial charge in [-0.1, -0.05) is 35.0 Å². The largest absolute Gasteiger partial charge is 0.348 e. The Morgan fingerprint density at radius 2 is 2.05 bits per heavy atom. The number of amides is 1. The first-order chi connectivity index (χ1) is 9.08. The van der Waals surface area contributed by atoms with E-state index in [2.05, 4.69) is 28.2 Å². The molecule has 0 radical (unpaired) electrons. The third kappa shape index (κ3) is 5.55. The molecule has 0 aromatic heterocycles. The molecule has 5 heteroatoms. The summed E-state index contributed by atoms with van der Waals surface area (Å²) in [4.78, 5) is 12.0. The van der Waals surface area contributed by atoms with Crippen molar-refractivity contribution in [2.24, 2.45) is 5.73 Å². The number of benzene rings is 1. The Morgan fingerprint density at radius 1 is 1.42 bits per heavy atom. The number of carbonyl (C=O) groups excluding carboxylic acids is 1. The van der Waals surface area contributed by atoms with E-state index >= 15 is 0 Å². The van der Waals surface area contributed by atoms with Crippen molar-refractivity contribution in [2.75, 3.05) is 12.0 Å². The Morgan fingerprint density at radius 3 is 2.58 bits per heavy atom. The summed E-state index contributed by atoms with van der Waals surface area (Å²) in [5.41, 5.74) is 6.98. The van der Waals surface area contributed by atoms with Crippen molar-refractivity contribution in [3.05, 3.63) is 34.3 Å². The Balaban J connectivity index is 2.61. The second kappa shape index (κ2) is 8.61. The molecule has 0 saturated carbocycles. The summed E-state index contributed by atoms with van der Waals surface area (Å²) >= 11 is 5.11. The molecule has 1 rings (SSSR count). The number of rotatable bonds is 7. The van der Waals surface area contributed by atoms with Crippen LogP contribution in [0.4, 0.5) is 0 Å². The van der Waals surface area contributed by atoms with Crippen LogP contribution in [0, 0.1) is 0 Å². The molecule has 0 spiro atoms. The van der Waals surface area contributed by atoms with Crippen LogP contribution in [0.25, 0.3) is 0 Å². The lowest BCUT2D eigenvalue weighted by molar-refractivity contribution is -0.123. The maximum Gasteiger partial charge on any atom is 0.237 e. The van der Waals surface area contributed by atoms with Gasteiger partial charge in [-0.3, -0.25) is 4.79 Å². The van der Waals surface area contributed by atoms with Crippen LogP contribution in [0.1, 0.15) is 31.4 Å². The molecule has 3 nitrogen and oxygen atoms in total. The lowest BCUT2D eigenvalue weighted by atomic mass is 10.0. The quantitative estimate of drug-likeness (QED) is 0.798. The monoisotopic (exact) mass is 344 g/mol. The van der Waals surface area contributed by atoms with Gasteiger partial charge in [0.05, 0.1) is 12.1 Å². The van der Waals surface area contributed by atoms with E-state index < -0.39 is 6.04 Å². The first kappa shape index (κ1) is 16.5. The Kier molecular flexibility index (Phi) is 7.49. The summed E-state index contributed by atoms with van der Waals surface area (Å²) in [7, 11) is 0. The molecule has 2 atom stereocenters. The standard InChI is InChI=1S/C14H21BrN2OS/c1-3-13(10-4-6-11(15)7-5-10)17-14(18)12(16)8-9-19-2/h4-7,12-13H,3,8-9,16H2,1-2H3,(H,17,18)/t12-,13?/m1/s1. The molecule has 19 heavy (non-hydrogen) atoms. The summed E-state index contributed by atoms with van der Waals surface area (Å²) in [5, 5.41) is 3.02. The molecule has 0 bridgehead atoms. The zero-order chi connectivity index (χ0) is 14.3. The van der Waals surface area contributed by atoms with Gasteiger partial charge in [0.2, 0.25) is 5.91 Å². The van der Waals surface area contributed by atoms with E-state index in [-0.39, 0.29) is 11.9 Å². The third-order valence-corrected chi connectivity index (χ3v) is 4.14. The van der Waals surface area contributed by atoms with Crippen LogP contribution in [0.3, 0.4) is 0 Å². The highest BCUT2D eigenvalue weighted by molar-refractivity contribution is 9.10. The second-order valence-electron chi connectivity index (χ2n) is 4.41. The SMILES string of the molecule is CCC(NC(=O)[C@H](N)CCSC)c1ccc(Br)cc1. The van der Waals surface area contributed by atoms with Crippen molar-refractivity contribution < 1.29 is 4.79 Å². The molecule has 0 heterocycles. The third-order valence-electron chi connectivity index (χ3n) is 2.97. The molecule has 0 fully saturated rings. The molecule has 1 aromatic rings. The topological polar surface area (TPSA) is 55.1 Å². The molecule has 1 aromatic carbocycles. The highest BCUT2D eigenvalue weighted by Gasteiger charge is 2.17. The molecule has 3 N–H and O–H groups in total. The van der Waals surface area contributed by atoms with Crippen LogP contribution in [-0.4, -0.2) is 24.0 Å². The van der Waals surface area contributed by atoms with Gasteiger partial charge < -0.3 is 11.1 Å². The summed E-state index contributed by atoms with van der Waals surface area (Å²) in [5.74, 6) is 0.841. The lowest BCUT2D eigenvalue weighted by Gasteiger charge is -2.20. The molecule has 1 amide bonds. The summed E-state index contributed by atoms with van der Waals surface area (Å²) in [6, 6.07) is 7.62. The van der Waals surface area contributed by atoms with Crippen molar-refractivity contribution >= 4 is 33.6 Å². The van der Waals surface area contributed by atoms with Crippen LogP contribution in [0.5, 0.6) is 0 Å². The first-order valence-corrected chi connectivity index (χ1v) is 8.57. The summed E-state index contributed by atoms with van der Waals surface area (Å²) < 4.78 is 1.04. The minimum absolute atomic E-state index is 0.0286. The normalized spacial score (nSPS) is 13.9. The fraction of sp³-hybridized carbons (Fsp3) is 0.500. The Labute approximate surface area is 127 Å². The van der Waals surface area contributed by atoms with E-state index in [9.17, 15) is 4.79 Å². The highest BCUT2D eigenvalue weighted by atomic mass is 79.9. The van der Waals surface area contributed by atoms with Crippen LogP contribution in [-0.2, 0) is 4.79 Å². The average molecular weight is 345 g/mol. The van der Waals surface area contributed by atoms with E-state index in [0.717, 1.165) is 22.2 Å². The molecule has 106 valence electrons. The van der Waals surface area contributed by atoms with E-state index in [4.69, 9.17) is 5.73 Å². The Bertz CT molecular complexity index is 397. The number of carbonyl (C=O) groups is 1. The molecular weight excluding hydrogens is 324 g/mol. The minimum Gasteiger partial charge on any atom is -0.348 e. The number of hydrogen-bond acceptors (Lipinski definition) is 3. The van der Waals surface area contributed by atoms with Gasteiger partial charge in [0.25, 0.3) is 0 Å². The first-order valence-electron chi connectivity index (χ1n) is 6.38. The zero-order valence-electron chi connectivity index (χ0n) is 11.4. The van der Waals surface area contributed by atoms with Crippen LogP contribution in [0.15, 0.2) is 28.7 Å². The molecule has 0 aliphatic heterocycles. The fourth-order valence-electron chi connectivity index (χ4n) is 1.77. The van der Waals surface area contributed by atoms with Gasteiger partial charge in [-0.25, -0.2) is 0 Å². The van der Waals surface area contributed by atoms with Crippen molar-refractivity contribution in [2.45, 2.75) is 31.8 Å². The highest BCUT2D eigenvalue weighted by Crippen LogP contribution is 2.19. The predicted molar refractivity (Wildman–Crippen MR) is 86.3 cm³/mol. The van der Waals surface area contributed by atoms with E-state index in [1.807, 2.05) is 30.5 Å². The minimum atomic E-state index is -0.419. The fourth-order valence-corrected chi connectivity index (χ4v) is 2.52. The van der Waals surface area contributed by atoms with Crippen LogP contribution >= 0.6 is 27.7 Å². The van der Waals surface area contributed by atoms with Crippen molar-refractivity contribution in [1.29, 1.82) is 0 Å². The Hall–Kier alpha value is -0.520. The van der Waals surface area contributed by atoms with E-state index in [1.165, 1.54) is 0 Å². The van der Waals surface area contributed by atoms with Gasteiger partial charge in [-0.2, -0.15) is 11.8 Å². The number of nitrogens with one attached hydrogen (secondary N) is 1. The van der Waals surface area contributed by atoms with Gasteiger partial charge in [0.15, 0.2) is 0 Å². The van der Waals surface area contributed by atoms with Gasteiger partial charge in [-0.15, -0.1) is 0 Å². The maximum atomic E-state index is 12.0. The lowest BCUT2D eigenvalue weighted by Crippen LogP contribution is -2.42. The van der Waals surface area contributed by atoms with Crippen LogP contribution in [0.2, 0.25) is 0 Å². The van der Waals surface area contributed by atoms with E-state index in [0.29, 0.717) is 6.42 Å². The van der Waals surface area contributed by atoms with E-state index in [1.54, 1.807) is 11.8 Å². The molecular formula is C14H21BrN2OS. The number of halogens is 1. The average Bonchev–Trinajstić information content (AvgIpc) is 2.42. The van der Waals surface area contributed by atoms with Crippen molar-refractivity contribution in [1.82, 2.24) is 5.32 Å². The molecule has 0 saturated heterocycles. The second-order valence-corrected chi connectivity index (χ2v) is 6.31. The number of thioether (sulfide) groups is 1. The van der Waals surface area contributed by atoms with Gasteiger partial charge >= 0.3 is 0 Å². The molecule has 0 aliphatic carbocycles. The zero-order valence-corrected chi connectivity index (χ0v) is 13.8. The predicted octanol–water partition coefficient (Wildman–Crippen LogP) is 3.10. The molecule has 0 aliphatic rings. The smallest absolute Gasteiger partial charge is 0.237 e. The summed E-state index contributed by atoms with van der Waals surface area (Å²) in [6.07, 6.45) is 3.58. The number of nitrogens with two attached hydrogens (primary N) is 1. The maximum absolute atomic E-state index is 12.0. The van der Waals surface area contributed by atoms with Crippen molar-refractivity contribution in [3.8, 4) is 0 Å². The number of hydrogen-bond donors (Lipinski definition) is 2. The summed E-state index contributed by atoms with van der Waals surface area (Å²) in [6.45, 7) is 2.06. The van der Waals surface area contributed by atoms with Crippen molar-refractivity contribution in [3.63, 3.8) is 0 Å².